The van der Waals surface area contributed by atoms with E-state index >= 15 is 0 Å². The van der Waals surface area contributed by atoms with Gasteiger partial charge in [0.15, 0.2) is 18.2 Å². The van der Waals surface area contributed by atoms with Crippen molar-refractivity contribution in [3.63, 3.8) is 0 Å². The van der Waals surface area contributed by atoms with E-state index in [1.54, 1.807) is 33.9 Å². The number of hydrogen-bond donors (Lipinski definition) is 1. The van der Waals surface area contributed by atoms with Crippen LogP contribution in [0.15, 0.2) is 103 Å². The summed E-state index contributed by atoms with van der Waals surface area (Å²) < 4.78 is 9.11. The van der Waals surface area contributed by atoms with Crippen LogP contribution in [0.2, 0.25) is 5.02 Å². The number of amides is 1. The molecule has 0 aliphatic carbocycles. The molecule has 0 atom stereocenters. The molecule has 0 bridgehead atoms. The van der Waals surface area contributed by atoms with E-state index in [9.17, 15) is 4.79 Å². The van der Waals surface area contributed by atoms with Gasteiger partial charge in [-0.3, -0.25) is 9.48 Å². The number of ether oxygens (including phenoxy) is 1. The van der Waals surface area contributed by atoms with Gasteiger partial charge in [-0.05, 0) is 47.0 Å². The zero-order valence-corrected chi connectivity index (χ0v) is 19.5. The molecular formula is C27H22ClN5O2. The third kappa shape index (κ3) is 5.77. The van der Waals surface area contributed by atoms with Crippen molar-refractivity contribution in [2.24, 2.45) is 0 Å². The summed E-state index contributed by atoms with van der Waals surface area (Å²) >= 11 is 6.04. The van der Waals surface area contributed by atoms with Gasteiger partial charge in [0.05, 0.1) is 6.54 Å². The van der Waals surface area contributed by atoms with Crippen LogP contribution in [0.3, 0.4) is 0 Å². The first kappa shape index (κ1) is 22.4. The lowest BCUT2D eigenvalue weighted by molar-refractivity contribution is 0.101. The first-order valence-electron chi connectivity index (χ1n) is 11.0. The van der Waals surface area contributed by atoms with Crippen molar-refractivity contribution in [2.75, 3.05) is 5.32 Å². The van der Waals surface area contributed by atoms with E-state index in [4.69, 9.17) is 16.3 Å². The predicted molar refractivity (Wildman–Crippen MR) is 135 cm³/mol. The highest BCUT2D eigenvalue weighted by Gasteiger charge is 2.12. The Bertz CT molecular complexity index is 1430. The lowest BCUT2D eigenvalue weighted by Gasteiger charge is -2.07. The van der Waals surface area contributed by atoms with Gasteiger partial charge in [-0.25, -0.2) is 4.68 Å². The molecule has 2 aromatic heterocycles. The molecule has 0 saturated carbocycles. The zero-order chi connectivity index (χ0) is 24.0. The van der Waals surface area contributed by atoms with Gasteiger partial charge in [-0.2, -0.15) is 10.2 Å². The fourth-order valence-corrected chi connectivity index (χ4v) is 3.80. The monoisotopic (exact) mass is 483 g/mol. The van der Waals surface area contributed by atoms with Crippen LogP contribution in [0, 0.1) is 0 Å². The second-order valence-electron chi connectivity index (χ2n) is 7.89. The fraction of sp³-hybridized carbons (Fsp3) is 0.0741. The molecule has 0 fully saturated rings. The largest absolute Gasteiger partial charge is 0.471 e. The molecule has 1 amide bonds. The number of hydrogen-bond acceptors (Lipinski definition) is 4. The maximum Gasteiger partial charge on any atom is 0.277 e. The lowest BCUT2D eigenvalue weighted by atomic mass is 10.1. The van der Waals surface area contributed by atoms with Crippen molar-refractivity contribution >= 4 is 23.3 Å². The maximum absolute atomic E-state index is 12.6. The van der Waals surface area contributed by atoms with E-state index < -0.39 is 0 Å². The summed E-state index contributed by atoms with van der Waals surface area (Å²) in [6.45, 7) is 0.737. The molecule has 0 aliphatic heterocycles. The molecule has 2 heterocycles. The number of benzene rings is 3. The van der Waals surface area contributed by atoms with Crippen LogP contribution >= 0.6 is 11.6 Å². The summed E-state index contributed by atoms with van der Waals surface area (Å²) in [7, 11) is 0. The number of nitrogens with one attached hydrogen (secondary N) is 1. The average Bonchev–Trinajstić information content (AvgIpc) is 3.53. The smallest absolute Gasteiger partial charge is 0.277 e. The Labute approximate surface area is 207 Å². The summed E-state index contributed by atoms with van der Waals surface area (Å²) in [5, 5.41) is 12.1. The summed E-state index contributed by atoms with van der Waals surface area (Å²) in [6, 6.07) is 29.0. The summed E-state index contributed by atoms with van der Waals surface area (Å²) in [5.74, 6) is 0.821. The minimum absolute atomic E-state index is 0.187. The van der Waals surface area contributed by atoms with Gasteiger partial charge < -0.3 is 10.1 Å². The number of aromatic nitrogens is 4. The van der Waals surface area contributed by atoms with E-state index in [2.05, 4.69) is 27.6 Å². The van der Waals surface area contributed by atoms with Crippen molar-refractivity contribution in [1.29, 1.82) is 0 Å². The number of carbonyl (C=O) groups excluding carboxylic acids is 1. The second kappa shape index (κ2) is 10.3. The first-order chi connectivity index (χ1) is 17.1. The highest BCUT2D eigenvalue weighted by atomic mass is 35.5. The maximum atomic E-state index is 12.6. The molecular weight excluding hydrogens is 462 g/mol. The van der Waals surface area contributed by atoms with Crippen LogP contribution in [0.1, 0.15) is 16.1 Å². The van der Waals surface area contributed by atoms with Crippen molar-refractivity contribution < 1.29 is 9.53 Å². The molecule has 0 radical (unpaired) electrons. The molecule has 0 aliphatic rings. The number of carbonyl (C=O) groups is 1. The van der Waals surface area contributed by atoms with Gasteiger partial charge in [-0.15, -0.1) is 0 Å². The van der Waals surface area contributed by atoms with Crippen LogP contribution < -0.4 is 10.1 Å². The van der Waals surface area contributed by atoms with Crippen LogP contribution in [0.4, 0.5) is 5.82 Å². The quantitative estimate of drug-likeness (QED) is 0.305. The molecule has 5 aromatic rings. The van der Waals surface area contributed by atoms with Crippen molar-refractivity contribution in [3.05, 3.63) is 120 Å². The molecule has 3 aromatic carbocycles. The summed E-state index contributed by atoms with van der Waals surface area (Å²) in [4.78, 5) is 12.6. The topological polar surface area (TPSA) is 74.0 Å². The molecule has 1 N–H and O–H groups in total. The Balaban J connectivity index is 1.15. The minimum atomic E-state index is -0.344. The Morgan fingerprint density at radius 2 is 1.60 bits per heavy atom. The Morgan fingerprint density at radius 3 is 2.40 bits per heavy atom. The standard InChI is InChI=1S/C27H22ClN5O2/c28-23-8-4-5-20(17-23)18-32-16-14-26(31-32)29-27(34)25-13-15-33(30-25)19-35-24-11-9-22(10-12-24)21-6-2-1-3-7-21/h1-17H,18-19H2,(H,29,31,34). The van der Waals surface area contributed by atoms with Gasteiger partial charge in [-0.1, -0.05) is 66.2 Å². The molecule has 8 heteroatoms. The molecule has 7 nitrogen and oxygen atoms in total. The lowest BCUT2D eigenvalue weighted by Crippen LogP contribution is -2.15. The van der Waals surface area contributed by atoms with E-state index in [1.807, 2.05) is 66.7 Å². The van der Waals surface area contributed by atoms with Crippen molar-refractivity contribution in [3.8, 4) is 16.9 Å². The summed E-state index contributed by atoms with van der Waals surface area (Å²) in [6.07, 6.45) is 3.50. The predicted octanol–water partition coefficient (Wildman–Crippen LogP) is 5.74. The normalized spacial score (nSPS) is 10.8. The minimum Gasteiger partial charge on any atom is -0.471 e. The highest BCUT2D eigenvalue weighted by Crippen LogP contribution is 2.22. The van der Waals surface area contributed by atoms with Gasteiger partial charge >= 0.3 is 0 Å². The third-order valence-corrected chi connectivity index (χ3v) is 5.55. The van der Waals surface area contributed by atoms with Crippen LogP contribution in [0.25, 0.3) is 11.1 Å². The number of anilines is 1. The first-order valence-corrected chi connectivity index (χ1v) is 11.4. The Kier molecular flexibility index (Phi) is 6.59. The van der Waals surface area contributed by atoms with Crippen LogP contribution in [-0.2, 0) is 13.3 Å². The van der Waals surface area contributed by atoms with Gasteiger partial charge in [0.1, 0.15) is 5.75 Å². The number of rotatable bonds is 8. The summed E-state index contributed by atoms with van der Waals surface area (Å²) in [5.41, 5.74) is 3.56. The Hall–Kier alpha value is -4.36. The van der Waals surface area contributed by atoms with E-state index in [0.717, 1.165) is 22.4 Å². The van der Waals surface area contributed by atoms with Crippen LogP contribution in [0.5, 0.6) is 5.75 Å². The van der Waals surface area contributed by atoms with Gasteiger partial charge in [0.2, 0.25) is 0 Å². The molecule has 0 saturated heterocycles. The van der Waals surface area contributed by atoms with E-state index in [0.29, 0.717) is 17.4 Å². The second-order valence-corrected chi connectivity index (χ2v) is 8.32. The zero-order valence-electron chi connectivity index (χ0n) is 18.7. The van der Waals surface area contributed by atoms with Crippen molar-refractivity contribution in [1.82, 2.24) is 19.6 Å². The fourth-order valence-electron chi connectivity index (χ4n) is 3.59. The average molecular weight is 484 g/mol. The highest BCUT2D eigenvalue weighted by molar-refractivity contribution is 6.30. The van der Waals surface area contributed by atoms with E-state index in [-0.39, 0.29) is 18.3 Å². The van der Waals surface area contributed by atoms with Gasteiger partial charge in [0, 0.05) is 23.5 Å². The molecule has 0 spiro atoms. The van der Waals surface area contributed by atoms with E-state index in [1.165, 1.54) is 0 Å². The van der Waals surface area contributed by atoms with Gasteiger partial charge in [0.25, 0.3) is 5.91 Å². The molecule has 35 heavy (non-hydrogen) atoms. The number of halogens is 1. The molecule has 5 rings (SSSR count). The molecule has 0 unspecified atom stereocenters. The number of nitrogens with zero attached hydrogens (tertiary/aromatic N) is 4. The molecule has 174 valence electrons. The van der Waals surface area contributed by atoms with Crippen LogP contribution in [-0.4, -0.2) is 25.5 Å². The third-order valence-electron chi connectivity index (χ3n) is 5.31. The SMILES string of the molecule is O=C(Nc1ccn(Cc2cccc(Cl)c2)n1)c1ccn(COc2ccc(-c3ccccc3)cc2)n1. The van der Waals surface area contributed by atoms with Crippen molar-refractivity contribution in [2.45, 2.75) is 13.3 Å². The Morgan fingerprint density at radius 1 is 0.829 bits per heavy atom.